The van der Waals surface area contributed by atoms with Crippen LogP contribution in [0.2, 0.25) is 5.02 Å². The van der Waals surface area contributed by atoms with Gasteiger partial charge in [-0.25, -0.2) is 4.98 Å². The standard InChI is InChI=1S/C29H26BrClN4O3/c30-21-12-13-25-23(16-21)29(37)35(28(34-25)20-7-3-1-4-8-20)32-17-19-11-14-26(24(31)15-19)38-18-27(36)33-22-9-5-2-6-10-22/h2,5-6,9-17,20H,1,3-4,7-8,18H2,(H,33,36). The van der Waals surface area contributed by atoms with Crippen LogP contribution in [0.1, 0.15) is 49.4 Å². The average molecular weight is 594 g/mol. The van der Waals surface area contributed by atoms with E-state index in [1.54, 1.807) is 42.6 Å². The number of para-hydroxylation sites is 1. The molecule has 0 unspecified atom stereocenters. The molecule has 1 heterocycles. The van der Waals surface area contributed by atoms with Crippen LogP contribution in [0.5, 0.6) is 5.75 Å². The highest BCUT2D eigenvalue weighted by atomic mass is 79.9. The maximum atomic E-state index is 13.5. The molecule has 0 atom stereocenters. The molecule has 7 nitrogen and oxygen atoms in total. The Balaban J connectivity index is 1.36. The fourth-order valence-corrected chi connectivity index (χ4v) is 5.21. The minimum absolute atomic E-state index is 0.180. The molecule has 194 valence electrons. The molecule has 1 amide bonds. The molecule has 0 bridgehead atoms. The van der Waals surface area contributed by atoms with Crippen LogP contribution >= 0.6 is 27.5 Å². The monoisotopic (exact) mass is 592 g/mol. The molecule has 4 aromatic rings. The van der Waals surface area contributed by atoms with Crippen LogP contribution in [0.3, 0.4) is 0 Å². The lowest BCUT2D eigenvalue weighted by Gasteiger charge is -2.22. The zero-order valence-corrected chi connectivity index (χ0v) is 22.9. The summed E-state index contributed by atoms with van der Waals surface area (Å²) < 4.78 is 7.84. The molecule has 1 aliphatic carbocycles. The minimum Gasteiger partial charge on any atom is -0.482 e. The van der Waals surface area contributed by atoms with E-state index in [-0.39, 0.29) is 24.0 Å². The number of rotatable bonds is 7. The first-order valence-corrected chi connectivity index (χ1v) is 13.7. The molecule has 1 fully saturated rings. The van der Waals surface area contributed by atoms with E-state index in [9.17, 15) is 9.59 Å². The summed E-state index contributed by atoms with van der Waals surface area (Å²) in [5.74, 6) is 0.964. The Morgan fingerprint density at radius 3 is 2.66 bits per heavy atom. The zero-order valence-electron chi connectivity index (χ0n) is 20.6. The molecule has 1 saturated carbocycles. The van der Waals surface area contributed by atoms with Crippen LogP contribution in [-0.2, 0) is 4.79 Å². The van der Waals surface area contributed by atoms with Gasteiger partial charge in [0.15, 0.2) is 6.61 Å². The number of amides is 1. The summed E-state index contributed by atoms with van der Waals surface area (Å²) in [6.07, 6.45) is 6.99. The fourth-order valence-electron chi connectivity index (χ4n) is 4.60. The maximum Gasteiger partial charge on any atom is 0.282 e. The van der Waals surface area contributed by atoms with Gasteiger partial charge in [-0.2, -0.15) is 9.78 Å². The molecule has 5 rings (SSSR count). The number of carbonyl (C=O) groups excluding carboxylic acids is 1. The van der Waals surface area contributed by atoms with Gasteiger partial charge in [0.25, 0.3) is 11.5 Å². The lowest BCUT2D eigenvalue weighted by molar-refractivity contribution is -0.118. The molecule has 9 heteroatoms. The number of hydrogen-bond acceptors (Lipinski definition) is 5. The van der Waals surface area contributed by atoms with Gasteiger partial charge in [-0.1, -0.05) is 65.0 Å². The maximum absolute atomic E-state index is 13.5. The Morgan fingerprint density at radius 2 is 1.89 bits per heavy atom. The Morgan fingerprint density at radius 1 is 1.11 bits per heavy atom. The second-order valence-corrected chi connectivity index (χ2v) is 10.5. The summed E-state index contributed by atoms with van der Waals surface area (Å²) in [7, 11) is 0. The molecule has 0 spiro atoms. The summed E-state index contributed by atoms with van der Waals surface area (Å²) in [5, 5.41) is 8.17. The smallest absolute Gasteiger partial charge is 0.282 e. The van der Waals surface area contributed by atoms with Gasteiger partial charge in [-0.15, -0.1) is 0 Å². The first-order chi connectivity index (χ1) is 18.5. The number of nitrogens with one attached hydrogen (secondary N) is 1. The lowest BCUT2D eigenvalue weighted by Crippen LogP contribution is -2.25. The van der Waals surface area contributed by atoms with E-state index in [1.807, 2.05) is 30.3 Å². The first kappa shape index (κ1) is 26.1. The highest BCUT2D eigenvalue weighted by Crippen LogP contribution is 2.32. The van der Waals surface area contributed by atoms with Crippen molar-refractivity contribution in [3.63, 3.8) is 0 Å². The van der Waals surface area contributed by atoms with Crippen LogP contribution in [0, 0.1) is 0 Å². The van der Waals surface area contributed by atoms with Crippen LogP contribution in [-0.4, -0.2) is 28.4 Å². The Bertz CT molecular complexity index is 1550. The van der Waals surface area contributed by atoms with Crippen molar-refractivity contribution in [3.8, 4) is 5.75 Å². The van der Waals surface area contributed by atoms with Gasteiger partial charge >= 0.3 is 0 Å². The first-order valence-electron chi connectivity index (χ1n) is 12.5. The van der Waals surface area contributed by atoms with Crippen molar-refractivity contribution in [1.29, 1.82) is 0 Å². The topological polar surface area (TPSA) is 85.6 Å². The number of ether oxygens (including phenoxy) is 1. The van der Waals surface area contributed by atoms with Gasteiger partial charge in [0.1, 0.15) is 11.6 Å². The average Bonchev–Trinajstić information content (AvgIpc) is 2.93. The van der Waals surface area contributed by atoms with Crippen LogP contribution in [0.25, 0.3) is 10.9 Å². The molecule has 38 heavy (non-hydrogen) atoms. The third-order valence-electron chi connectivity index (χ3n) is 6.50. The summed E-state index contributed by atoms with van der Waals surface area (Å²) >= 11 is 9.88. The largest absolute Gasteiger partial charge is 0.482 e. The van der Waals surface area contributed by atoms with Gasteiger partial charge in [0.05, 0.1) is 22.1 Å². The van der Waals surface area contributed by atoms with E-state index in [0.717, 1.165) is 30.2 Å². The second-order valence-electron chi connectivity index (χ2n) is 9.22. The number of carbonyl (C=O) groups is 1. The molecular weight excluding hydrogens is 568 g/mol. The van der Waals surface area contributed by atoms with E-state index in [2.05, 4.69) is 26.3 Å². The van der Waals surface area contributed by atoms with E-state index < -0.39 is 0 Å². The molecule has 3 aromatic carbocycles. The van der Waals surface area contributed by atoms with Gasteiger partial charge in [-0.3, -0.25) is 9.59 Å². The van der Waals surface area contributed by atoms with E-state index in [0.29, 0.717) is 38.8 Å². The van der Waals surface area contributed by atoms with Crippen molar-refractivity contribution in [1.82, 2.24) is 9.66 Å². The summed E-state index contributed by atoms with van der Waals surface area (Å²) in [6.45, 7) is -0.180. The van der Waals surface area contributed by atoms with Gasteiger partial charge < -0.3 is 10.1 Å². The van der Waals surface area contributed by atoms with Crippen molar-refractivity contribution < 1.29 is 9.53 Å². The van der Waals surface area contributed by atoms with E-state index in [1.165, 1.54) is 11.1 Å². The van der Waals surface area contributed by atoms with Crippen LogP contribution in [0.15, 0.2) is 81.1 Å². The number of fused-ring (bicyclic) bond motifs is 1. The Hall–Kier alpha value is -3.49. The van der Waals surface area contributed by atoms with Crippen molar-refractivity contribution in [2.24, 2.45) is 5.10 Å². The van der Waals surface area contributed by atoms with E-state index in [4.69, 9.17) is 21.3 Å². The number of nitrogens with zero attached hydrogens (tertiary/aromatic N) is 3. The van der Waals surface area contributed by atoms with Crippen LogP contribution < -0.4 is 15.6 Å². The predicted octanol–water partition coefficient (Wildman–Crippen LogP) is 6.76. The highest BCUT2D eigenvalue weighted by Gasteiger charge is 2.22. The van der Waals surface area contributed by atoms with Crippen LogP contribution in [0.4, 0.5) is 5.69 Å². The second kappa shape index (κ2) is 11.9. The molecular formula is C29H26BrClN4O3. The third-order valence-corrected chi connectivity index (χ3v) is 7.29. The normalized spacial score (nSPS) is 14.2. The quantitative estimate of drug-likeness (QED) is 0.240. The van der Waals surface area contributed by atoms with Gasteiger partial charge in [0.2, 0.25) is 0 Å². The molecule has 0 saturated heterocycles. The Labute approximate surface area is 233 Å². The minimum atomic E-state index is -0.289. The number of halogens is 2. The molecule has 1 aromatic heterocycles. The molecule has 0 radical (unpaired) electrons. The van der Waals surface area contributed by atoms with E-state index >= 15 is 0 Å². The lowest BCUT2D eigenvalue weighted by atomic mass is 9.88. The number of anilines is 1. The number of hydrogen-bond donors (Lipinski definition) is 1. The fraction of sp³-hybridized carbons (Fsp3) is 0.241. The molecule has 0 aliphatic heterocycles. The highest BCUT2D eigenvalue weighted by molar-refractivity contribution is 9.10. The number of aromatic nitrogens is 2. The Kier molecular flexibility index (Phi) is 8.20. The van der Waals surface area contributed by atoms with Gasteiger partial charge in [0, 0.05) is 16.1 Å². The van der Waals surface area contributed by atoms with Crippen molar-refractivity contribution in [2.75, 3.05) is 11.9 Å². The summed E-state index contributed by atoms with van der Waals surface area (Å²) in [6, 6.07) is 19.8. The summed E-state index contributed by atoms with van der Waals surface area (Å²) in [5.41, 5.74) is 1.85. The van der Waals surface area contributed by atoms with Crippen molar-refractivity contribution >= 4 is 56.2 Å². The van der Waals surface area contributed by atoms with Crippen molar-refractivity contribution in [2.45, 2.75) is 38.0 Å². The number of benzene rings is 3. The molecule has 1 N–H and O–H groups in total. The predicted molar refractivity (Wildman–Crippen MR) is 155 cm³/mol. The van der Waals surface area contributed by atoms with Crippen molar-refractivity contribution in [3.05, 3.63) is 98.0 Å². The summed E-state index contributed by atoms with van der Waals surface area (Å²) in [4.78, 5) is 30.5. The van der Waals surface area contributed by atoms with Gasteiger partial charge in [-0.05, 0) is 66.9 Å². The SMILES string of the molecule is O=C(COc1ccc(C=Nn2c(C3CCCCC3)nc3ccc(Br)cc3c2=O)cc1Cl)Nc1ccccc1. The third kappa shape index (κ3) is 6.14. The zero-order chi connectivity index (χ0) is 26.5. The molecule has 1 aliphatic rings.